The van der Waals surface area contributed by atoms with Crippen LogP contribution in [0.5, 0.6) is 23.0 Å². The predicted octanol–water partition coefficient (Wildman–Crippen LogP) is 5.99. The van der Waals surface area contributed by atoms with Crippen molar-refractivity contribution in [2.24, 2.45) is 10.8 Å². The van der Waals surface area contributed by atoms with Crippen molar-refractivity contribution in [3.05, 3.63) is 114 Å². The highest BCUT2D eigenvalue weighted by Crippen LogP contribution is 2.35. The SMILES string of the molecule is COCCOc1cc(C2=NN(c3ccc(Oc4ccnc5cc(OC)cnc45)cc3)C(N)c3ccccc32)ccc1C. The van der Waals surface area contributed by atoms with Crippen molar-refractivity contribution < 1.29 is 18.9 Å². The predicted molar refractivity (Wildman–Crippen MR) is 163 cm³/mol. The molecule has 0 bridgehead atoms. The van der Waals surface area contributed by atoms with Crippen LogP contribution >= 0.6 is 0 Å². The first-order valence-electron chi connectivity index (χ1n) is 13.6. The van der Waals surface area contributed by atoms with Crippen molar-refractivity contribution in [1.82, 2.24) is 9.97 Å². The Hall–Kier alpha value is -4.99. The third kappa shape index (κ3) is 5.35. The maximum Gasteiger partial charge on any atom is 0.156 e. The van der Waals surface area contributed by atoms with Crippen molar-refractivity contribution >= 4 is 22.4 Å². The summed E-state index contributed by atoms with van der Waals surface area (Å²) in [7, 11) is 3.26. The van der Waals surface area contributed by atoms with E-state index in [-0.39, 0.29) is 0 Å². The molecule has 0 spiro atoms. The molecule has 0 amide bonds. The van der Waals surface area contributed by atoms with E-state index < -0.39 is 6.17 Å². The van der Waals surface area contributed by atoms with Gasteiger partial charge < -0.3 is 24.7 Å². The van der Waals surface area contributed by atoms with E-state index in [0.717, 1.165) is 39.4 Å². The number of benzene rings is 3. The number of pyridine rings is 2. The summed E-state index contributed by atoms with van der Waals surface area (Å²) >= 11 is 0. The number of hydrogen-bond acceptors (Lipinski definition) is 9. The molecule has 2 aromatic heterocycles. The first-order valence-corrected chi connectivity index (χ1v) is 13.6. The molecule has 0 saturated carbocycles. The number of rotatable bonds is 9. The van der Waals surface area contributed by atoms with E-state index in [1.54, 1.807) is 32.7 Å². The van der Waals surface area contributed by atoms with Crippen LogP contribution in [0.2, 0.25) is 0 Å². The lowest BCUT2D eigenvalue weighted by Gasteiger charge is -2.33. The van der Waals surface area contributed by atoms with Crippen LogP contribution in [-0.2, 0) is 4.74 Å². The van der Waals surface area contributed by atoms with Crippen molar-refractivity contribution in [2.45, 2.75) is 13.1 Å². The second kappa shape index (κ2) is 11.9. The Morgan fingerprint density at radius 1 is 0.857 bits per heavy atom. The zero-order valence-corrected chi connectivity index (χ0v) is 23.7. The van der Waals surface area contributed by atoms with Crippen molar-refractivity contribution in [1.29, 1.82) is 0 Å². The monoisotopic (exact) mass is 561 g/mol. The van der Waals surface area contributed by atoms with Gasteiger partial charge in [-0.15, -0.1) is 0 Å². The molecule has 0 aliphatic carbocycles. The third-order valence-corrected chi connectivity index (χ3v) is 7.09. The largest absolute Gasteiger partial charge is 0.495 e. The van der Waals surface area contributed by atoms with Gasteiger partial charge in [-0.25, -0.2) is 9.99 Å². The maximum atomic E-state index is 6.77. The second-order valence-corrected chi connectivity index (χ2v) is 9.79. The number of nitrogens with zero attached hydrogens (tertiary/aromatic N) is 4. The van der Waals surface area contributed by atoms with E-state index >= 15 is 0 Å². The van der Waals surface area contributed by atoms with Crippen LogP contribution in [0.25, 0.3) is 11.0 Å². The molecule has 1 unspecified atom stereocenters. The zero-order valence-electron chi connectivity index (χ0n) is 23.7. The summed E-state index contributed by atoms with van der Waals surface area (Å²) in [6, 6.07) is 25.5. The van der Waals surface area contributed by atoms with Gasteiger partial charge in [-0.2, -0.15) is 5.10 Å². The van der Waals surface area contributed by atoms with Gasteiger partial charge >= 0.3 is 0 Å². The number of methoxy groups -OCH3 is 2. The van der Waals surface area contributed by atoms with Crippen LogP contribution in [-0.4, -0.2) is 43.1 Å². The standard InChI is InChI=1S/C33H31N5O4/c1-21-8-9-22(18-30(21)41-17-16-39-2)31-26-6-4-5-7-27(26)33(34)38(37-31)23-10-12-24(13-11-23)42-29-14-15-35-28-19-25(40-3)20-36-32(28)29/h4-15,18-20,33H,16-17,34H2,1-3H3. The molecule has 1 aliphatic rings. The molecule has 2 N–H and O–H groups in total. The molecular formula is C33H31N5O4. The molecule has 0 saturated heterocycles. The summed E-state index contributed by atoms with van der Waals surface area (Å²) in [5.41, 5.74) is 13.7. The zero-order chi connectivity index (χ0) is 29.1. The summed E-state index contributed by atoms with van der Waals surface area (Å²) in [4.78, 5) is 8.85. The molecule has 9 heteroatoms. The molecule has 42 heavy (non-hydrogen) atoms. The molecule has 0 fully saturated rings. The minimum Gasteiger partial charge on any atom is -0.495 e. The van der Waals surface area contributed by atoms with Gasteiger partial charge in [0.25, 0.3) is 0 Å². The number of ether oxygens (including phenoxy) is 4. The molecule has 0 radical (unpaired) electrons. The van der Waals surface area contributed by atoms with Gasteiger partial charge in [-0.1, -0.05) is 36.4 Å². The fraction of sp³-hybridized carbons (Fsp3) is 0.182. The first kappa shape index (κ1) is 27.2. The summed E-state index contributed by atoms with van der Waals surface area (Å²) in [6.07, 6.45) is 2.86. The summed E-state index contributed by atoms with van der Waals surface area (Å²) in [5.74, 6) is 2.68. The Labute approximate surface area is 244 Å². The highest BCUT2D eigenvalue weighted by atomic mass is 16.5. The minimum atomic E-state index is -0.470. The Morgan fingerprint density at radius 3 is 2.50 bits per heavy atom. The number of anilines is 1. The van der Waals surface area contributed by atoms with Crippen molar-refractivity contribution in [2.75, 3.05) is 32.4 Å². The molecule has 5 aromatic rings. The van der Waals surface area contributed by atoms with Gasteiger partial charge in [-0.05, 0) is 42.8 Å². The fourth-order valence-electron chi connectivity index (χ4n) is 4.87. The maximum absolute atomic E-state index is 6.77. The number of aryl methyl sites for hydroxylation is 1. The molecule has 3 aromatic carbocycles. The van der Waals surface area contributed by atoms with Crippen LogP contribution in [0.4, 0.5) is 5.69 Å². The topological polar surface area (TPSA) is 104 Å². The molecule has 3 heterocycles. The van der Waals surface area contributed by atoms with Crippen molar-refractivity contribution in [3.8, 4) is 23.0 Å². The average molecular weight is 562 g/mol. The molecule has 9 nitrogen and oxygen atoms in total. The normalized spacial score (nSPS) is 14.3. The Kier molecular flexibility index (Phi) is 7.68. The van der Waals surface area contributed by atoms with Gasteiger partial charge in [0.2, 0.25) is 0 Å². The smallest absolute Gasteiger partial charge is 0.156 e. The van der Waals surface area contributed by atoms with E-state index in [1.807, 2.05) is 72.6 Å². The number of hydrogen-bond donors (Lipinski definition) is 1. The van der Waals surface area contributed by atoms with Gasteiger partial charge in [0, 0.05) is 42.1 Å². The Morgan fingerprint density at radius 2 is 1.69 bits per heavy atom. The van der Waals surface area contributed by atoms with Gasteiger partial charge in [-0.3, -0.25) is 4.98 Å². The second-order valence-electron chi connectivity index (χ2n) is 9.79. The van der Waals surface area contributed by atoms with Gasteiger partial charge in [0.15, 0.2) is 5.75 Å². The number of aromatic nitrogens is 2. The summed E-state index contributed by atoms with van der Waals surface area (Å²) in [5, 5.41) is 6.89. The lowest BCUT2D eigenvalue weighted by molar-refractivity contribution is 0.146. The lowest BCUT2D eigenvalue weighted by atomic mass is 9.93. The highest BCUT2D eigenvalue weighted by Gasteiger charge is 2.28. The Bertz CT molecular complexity index is 1760. The fourth-order valence-corrected chi connectivity index (χ4v) is 4.87. The summed E-state index contributed by atoms with van der Waals surface area (Å²) in [6.45, 7) is 3.00. The van der Waals surface area contributed by atoms with E-state index in [2.05, 4.69) is 22.1 Å². The Balaban J connectivity index is 1.31. The van der Waals surface area contributed by atoms with Gasteiger partial charge in [0.1, 0.15) is 35.5 Å². The van der Waals surface area contributed by atoms with E-state index in [0.29, 0.717) is 41.5 Å². The summed E-state index contributed by atoms with van der Waals surface area (Å²) < 4.78 is 22.6. The van der Waals surface area contributed by atoms with Crippen LogP contribution in [0.15, 0.2) is 96.4 Å². The van der Waals surface area contributed by atoms with Crippen LogP contribution in [0, 0.1) is 6.92 Å². The number of hydrazone groups is 1. The molecule has 6 rings (SSSR count). The van der Waals surface area contributed by atoms with Crippen molar-refractivity contribution in [3.63, 3.8) is 0 Å². The van der Waals surface area contributed by atoms with Crippen LogP contribution in [0.3, 0.4) is 0 Å². The number of nitrogens with two attached hydrogens (primary N) is 1. The van der Waals surface area contributed by atoms with Crippen LogP contribution < -0.4 is 25.0 Å². The molecule has 1 aliphatic heterocycles. The van der Waals surface area contributed by atoms with E-state index in [4.69, 9.17) is 29.8 Å². The van der Waals surface area contributed by atoms with Gasteiger partial charge in [0.05, 0.1) is 36.8 Å². The van der Waals surface area contributed by atoms with E-state index in [9.17, 15) is 0 Å². The lowest BCUT2D eigenvalue weighted by Crippen LogP contribution is -2.36. The van der Waals surface area contributed by atoms with E-state index in [1.165, 1.54) is 0 Å². The number of fused-ring (bicyclic) bond motifs is 2. The average Bonchev–Trinajstić information content (AvgIpc) is 3.03. The molecule has 212 valence electrons. The minimum absolute atomic E-state index is 0.467. The molecule has 1 atom stereocenters. The highest BCUT2D eigenvalue weighted by molar-refractivity contribution is 6.15. The first-order chi connectivity index (χ1) is 20.6. The molecular weight excluding hydrogens is 530 g/mol. The quantitative estimate of drug-likeness (QED) is 0.219. The van der Waals surface area contributed by atoms with Crippen LogP contribution in [0.1, 0.15) is 28.4 Å². The third-order valence-electron chi connectivity index (χ3n) is 7.09.